The molecule has 4 heterocycles. The molecular formula is C27H30N6O4S. The molecule has 11 heteroatoms. The van der Waals surface area contributed by atoms with E-state index in [1.165, 1.54) is 6.26 Å². The van der Waals surface area contributed by atoms with Crippen LogP contribution in [0.5, 0.6) is 5.75 Å². The van der Waals surface area contributed by atoms with Crippen molar-refractivity contribution in [1.29, 1.82) is 0 Å². The molecule has 0 saturated heterocycles. The molecule has 5 aromatic rings. The minimum atomic E-state index is -3.12. The number of benzene rings is 1. The number of ether oxygens (including phenoxy) is 1. The zero-order valence-corrected chi connectivity index (χ0v) is 22.9. The van der Waals surface area contributed by atoms with Gasteiger partial charge in [0.25, 0.3) is 0 Å². The number of sulfone groups is 1. The molecule has 1 N–H and O–H groups in total. The number of rotatable bonds is 8. The number of fused-ring (bicyclic) bond motifs is 3. The Bertz CT molecular complexity index is 1790. The van der Waals surface area contributed by atoms with Gasteiger partial charge in [-0.05, 0) is 51.8 Å². The molecule has 1 aromatic carbocycles. The highest BCUT2D eigenvalue weighted by Gasteiger charge is 2.28. The monoisotopic (exact) mass is 534 g/mol. The van der Waals surface area contributed by atoms with E-state index < -0.39 is 9.84 Å². The molecule has 4 aromatic heterocycles. The fraction of sp³-hybridized carbons (Fsp3) is 0.407. The van der Waals surface area contributed by atoms with Crippen LogP contribution < -0.4 is 4.74 Å². The van der Waals surface area contributed by atoms with Gasteiger partial charge in [-0.15, -0.1) is 0 Å². The zero-order chi connectivity index (χ0) is 26.8. The third kappa shape index (κ3) is 4.44. The van der Waals surface area contributed by atoms with Crippen LogP contribution in [0.25, 0.3) is 33.1 Å². The molecule has 6 rings (SSSR count). The van der Waals surface area contributed by atoms with E-state index in [-0.39, 0.29) is 5.75 Å². The normalized spacial score (nSPS) is 14.1. The average molecular weight is 535 g/mol. The number of H-pyrrole nitrogens is 1. The van der Waals surface area contributed by atoms with Crippen LogP contribution in [-0.4, -0.2) is 57.4 Å². The Morgan fingerprint density at radius 2 is 1.95 bits per heavy atom. The number of nitrogens with one attached hydrogen (secondary N) is 1. The molecule has 1 aliphatic rings. The van der Waals surface area contributed by atoms with Gasteiger partial charge >= 0.3 is 0 Å². The van der Waals surface area contributed by atoms with Crippen molar-refractivity contribution in [2.24, 2.45) is 0 Å². The number of nitrogens with zero attached hydrogens (tertiary/aromatic N) is 5. The summed E-state index contributed by atoms with van der Waals surface area (Å²) in [5.41, 5.74) is 7.07. The van der Waals surface area contributed by atoms with E-state index in [1.807, 2.05) is 37.6 Å². The second-order valence-corrected chi connectivity index (χ2v) is 12.5. The molecule has 0 atom stereocenters. The van der Waals surface area contributed by atoms with Crippen LogP contribution in [0.3, 0.4) is 0 Å². The topological polar surface area (TPSA) is 129 Å². The predicted octanol–water partition coefficient (Wildman–Crippen LogP) is 4.41. The summed E-state index contributed by atoms with van der Waals surface area (Å²) in [4.78, 5) is 13.0. The summed E-state index contributed by atoms with van der Waals surface area (Å²) >= 11 is 0. The van der Waals surface area contributed by atoms with Gasteiger partial charge in [0.1, 0.15) is 32.8 Å². The summed E-state index contributed by atoms with van der Waals surface area (Å²) in [7, 11) is -1.47. The Morgan fingerprint density at radius 3 is 2.61 bits per heavy atom. The van der Waals surface area contributed by atoms with Crippen LogP contribution in [0.4, 0.5) is 0 Å². The smallest absolute Gasteiger partial charge is 0.149 e. The lowest BCUT2D eigenvalue weighted by atomic mass is 10.00. The van der Waals surface area contributed by atoms with Crippen LogP contribution >= 0.6 is 0 Å². The summed E-state index contributed by atoms with van der Waals surface area (Å²) in [6.45, 7) is 5.99. The van der Waals surface area contributed by atoms with Crippen LogP contribution in [0, 0.1) is 20.8 Å². The molecule has 0 aliphatic heterocycles. The molecule has 10 nitrogen and oxygen atoms in total. The van der Waals surface area contributed by atoms with Crippen molar-refractivity contribution in [2.45, 2.75) is 52.5 Å². The lowest BCUT2D eigenvalue weighted by Gasteiger charge is -2.10. The molecular weight excluding hydrogens is 504 g/mol. The second-order valence-electron chi connectivity index (χ2n) is 10.2. The minimum Gasteiger partial charge on any atom is -0.496 e. The molecule has 0 spiro atoms. The number of aromatic amines is 1. The Morgan fingerprint density at radius 1 is 1.16 bits per heavy atom. The van der Waals surface area contributed by atoms with Crippen molar-refractivity contribution < 1.29 is 17.7 Å². The Kier molecular flexibility index (Phi) is 5.78. The Balaban J connectivity index is 1.49. The summed E-state index contributed by atoms with van der Waals surface area (Å²) in [5, 5.41) is 10.8. The molecule has 0 unspecified atom stereocenters. The maximum atomic E-state index is 11.9. The first-order chi connectivity index (χ1) is 18.1. The summed E-state index contributed by atoms with van der Waals surface area (Å²) in [6.07, 6.45) is 4.00. The van der Waals surface area contributed by atoms with E-state index in [0.29, 0.717) is 30.5 Å². The third-order valence-electron chi connectivity index (χ3n) is 7.16. The van der Waals surface area contributed by atoms with Gasteiger partial charge in [-0.1, -0.05) is 5.16 Å². The molecule has 1 fully saturated rings. The van der Waals surface area contributed by atoms with E-state index in [9.17, 15) is 8.42 Å². The number of aryl methyl sites for hydroxylation is 4. The van der Waals surface area contributed by atoms with Crippen molar-refractivity contribution >= 4 is 31.8 Å². The van der Waals surface area contributed by atoms with Gasteiger partial charge in [-0.2, -0.15) is 5.10 Å². The summed E-state index contributed by atoms with van der Waals surface area (Å²) < 4.78 is 36.8. The fourth-order valence-corrected chi connectivity index (χ4v) is 5.70. The highest BCUT2D eigenvalue weighted by molar-refractivity contribution is 7.90. The molecule has 38 heavy (non-hydrogen) atoms. The summed E-state index contributed by atoms with van der Waals surface area (Å²) in [6, 6.07) is 6.16. The van der Waals surface area contributed by atoms with Crippen LogP contribution in [0.2, 0.25) is 0 Å². The van der Waals surface area contributed by atoms with Gasteiger partial charge in [0.15, 0.2) is 0 Å². The first-order valence-electron chi connectivity index (χ1n) is 12.7. The van der Waals surface area contributed by atoms with Crippen molar-refractivity contribution in [2.75, 3.05) is 19.1 Å². The number of aromatic nitrogens is 6. The van der Waals surface area contributed by atoms with Crippen molar-refractivity contribution in [3.8, 4) is 16.9 Å². The van der Waals surface area contributed by atoms with E-state index in [4.69, 9.17) is 24.3 Å². The largest absolute Gasteiger partial charge is 0.496 e. The first kappa shape index (κ1) is 24.6. The molecule has 0 radical (unpaired) electrons. The standard InChI is InChI=1S/C27H30N6O4S/c1-14-25(15(2)37-32-14)20-12-22-19(13-24(20)36-4)26-23(28-16(3)29-27(26)30-22)11-18-10-21(17-6-7-17)31-33(18)8-9-38(5,34)35/h10,12-13,17H,6-9,11H2,1-5H3,(H,28,29,30). The van der Waals surface area contributed by atoms with Crippen LogP contribution in [0.1, 0.15) is 53.1 Å². The lowest BCUT2D eigenvalue weighted by Crippen LogP contribution is -2.15. The highest BCUT2D eigenvalue weighted by Crippen LogP contribution is 2.41. The SMILES string of the molecule is COc1cc2c(cc1-c1c(C)noc1C)[nH]c1nc(C)nc(Cc3cc(C4CC4)nn3CCS(C)(=O)=O)c12. The maximum Gasteiger partial charge on any atom is 0.149 e. The highest BCUT2D eigenvalue weighted by atomic mass is 32.2. The number of hydrogen-bond donors (Lipinski definition) is 1. The Hall–Kier alpha value is -3.73. The van der Waals surface area contributed by atoms with Gasteiger partial charge in [-0.25, -0.2) is 18.4 Å². The maximum absolute atomic E-state index is 11.9. The van der Waals surface area contributed by atoms with E-state index in [1.54, 1.807) is 7.11 Å². The number of hydrogen-bond acceptors (Lipinski definition) is 8. The van der Waals surface area contributed by atoms with Gasteiger partial charge < -0.3 is 14.2 Å². The molecule has 198 valence electrons. The van der Waals surface area contributed by atoms with E-state index in [0.717, 1.165) is 74.4 Å². The van der Waals surface area contributed by atoms with Crippen LogP contribution in [0.15, 0.2) is 22.7 Å². The number of methoxy groups -OCH3 is 1. The quantitative estimate of drug-likeness (QED) is 0.310. The third-order valence-corrected chi connectivity index (χ3v) is 8.08. The lowest BCUT2D eigenvalue weighted by molar-refractivity contribution is 0.393. The van der Waals surface area contributed by atoms with Gasteiger partial charge in [0.2, 0.25) is 0 Å². The van der Waals surface area contributed by atoms with Crippen molar-refractivity contribution in [3.63, 3.8) is 0 Å². The molecule has 1 saturated carbocycles. The van der Waals surface area contributed by atoms with E-state index >= 15 is 0 Å². The predicted molar refractivity (Wildman–Crippen MR) is 144 cm³/mol. The minimum absolute atomic E-state index is 0.0404. The van der Waals surface area contributed by atoms with Crippen molar-refractivity contribution in [1.82, 2.24) is 29.9 Å². The van der Waals surface area contributed by atoms with Gasteiger partial charge in [0.05, 0.1) is 42.1 Å². The van der Waals surface area contributed by atoms with Crippen LogP contribution in [-0.2, 0) is 22.8 Å². The van der Waals surface area contributed by atoms with Gasteiger partial charge in [-0.3, -0.25) is 4.68 Å². The fourth-order valence-electron chi connectivity index (χ4n) is 5.20. The average Bonchev–Trinajstić information content (AvgIpc) is 3.41. The molecule has 0 amide bonds. The second kappa shape index (κ2) is 8.93. The zero-order valence-electron chi connectivity index (χ0n) is 22.1. The van der Waals surface area contributed by atoms with Gasteiger partial charge in [0, 0.05) is 46.1 Å². The van der Waals surface area contributed by atoms with Crippen molar-refractivity contribution in [3.05, 3.63) is 52.6 Å². The van der Waals surface area contributed by atoms with E-state index in [2.05, 4.69) is 16.2 Å². The summed E-state index contributed by atoms with van der Waals surface area (Å²) in [5.74, 6) is 2.58. The Labute approximate surface area is 220 Å². The first-order valence-corrected chi connectivity index (χ1v) is 14.7. The molecule has 0 bridgehead atoms. The molecule has 1 aliphatic carbocycles.